The van der Waals surface area contributed by atoms with Crippen molar-refractivity contribution >= 4 is 21.9 Å². The standard InChI is InChI=1S/C15H14N2O/c1-2-4-12-10(3-1)5-8-13-15(12)17-14(18-13)9-16-11-6-7-11/h1-5,8,11,16H,6-7,9H2. The Bertz CT molecular complexity index is 713. The summed E-state index contributed by atoms with van der Waals surface area (Å²) in [6, 6.07) is 13.1. The molecule has 2 aromatic carbocycles. The number of nitrogens with one attached hydrogen (secondary N) is 1. The van der Waals surface area contributed by atoms with Crippen LogP contribution in [0.2, 0.25) is 0 Å². The van der Waals surface area contributed by atoms with Crippen LogP contribution in [-0.2, 0) is 6.54 Å². The van der Waals surface area contributed by atoms with E-state index in [1.807, 2.05) is 18.2 Å². The number of hydrogen-bond acceptors (Lipinski definition) is 3. The van der Waals surface area contributed by atoms with Crippen LogP contribution in [0.1, 0.15) is 18.7 Å². The van der Waals surface area contributed by atoms with Crippen molar-refractivity contribution in [3.63, 3.8) is 0 Å². The highest BCUT2D eigenvalue weighted by atomic mass is 16.3. The first kappa shape index (κ1) is 10.1. The number of oxazole rings is 1. The predicted molar refractivity (Wildman–Crippen MR) is 71.4 cm³/mol. The van der Waals surface area contributed by atoms with Gasteiger partial charge in [-0.05, 0) is 24.3 Å². The van der Waals surface area contributed by atoms with Crippen LogP contribution in [0.3, 0.4) is 0 Å². The van der Waals surface area contributed by atoms with Crippen LogP contribution in [0.15, 0.2) is 40.8 Å². The zero-order valence-electron chi connectivity index (χ0n) is 10.0. The largest absolute Gasteiger partial charge is 0.439 e. The third-order valence-corrected chi connectivity index (χ3v) is 3.45. The Morgan fingerprint density at radius 1 is 1.17 bits per heavy atom. The minimum Gasteiger partial charge on any atom is -0.439 e. The van der Waals surface area contributed by atoms with E-state index < -0.39 is 0 Å². The molecular formula is C15H14N2O. The van der Waals surface area contributed by atoms with Gasteiger partial charge in [-0.1, -0.05) is 30.3 Å². The second-order valence-corrected chi connectivity index (χ2v) is 4.90. The fourth-order valence-corrected chi connectivity index (χ4v) is 2.30. The molecule has 4 rings (SSSR count). The van der Waals surface area contributed by atoms with Crippen LogP contribution in [0.5, 0.6) is 0 Å². The minimum absolute atomic E-state index is 0.678. The van der Waals surface area contributed by atoms with Gasteiger partial charge in [-0.15, -0.1) is 0 Å². The van der Waals surface area contributed by atoms with Crippen LogP contribution in [0.4, 0.5) is 0 Å². The predicted octanol–water partition coefficient (Wildman–Crippen LogP) is 3.23. The van der Waals surface area contributed by atoms with E-state index in [2.05, 4.69) is 28.5 Å². The van der Waals surface area contributed by atoms with E-state index in [9.17, 15) is 0 Å². The van der Waals surface area contributed by atoms with Gasteiger partial charge in [0, 0.05) is 11.4 Å². The second-order valence-electron chi connectivity index (χ2n) is 4.90. The highest BCUT2D eigenvalue weighted by molar-refractivity contribution is 6.03. The molecule has 1 aliphatic rings. The van der Waals surface area contributed by atoms with E-state index in [4.69, 9.17) is 4.42 Å². The summed E-state index contributed by atoms with van der Waals surface area (Å²) in [4.78, 5) is 4.61. The van der Waals surface area contributed by atoms with Crippen LogP contribution in [-0.4, -0.2) is 11.0 Å². The summed E-state index contributed by atoms with van der Waals surface area (Å²) in [5, 5.41) is 5.80. The van der Waals surface area contributed by atoms with E-state index in [1.165, 1.54) is 18.2 Å². The topological polar surface area (TPSA) is 38.1 Å². The molecule has 0 radical (unpaired) electrons. The number of aromatic nitrogens is 1. The summed E-state index contributed by atoms with van der Waals surface area (Å²) in [6.07, 6.45) is 2.56. The van der Waals surface area contributed by atoms with Crippen molar-refractivity contribution in [1.82, 2.24) is 10.3 Å². The Hall–Kier alpha value is -1.87. The van der Waals surface area contributed by atoms with Gasteiger partial charge in [-0.25, -0.2) is 4.98 Å². The zero-order valence-corrected chi connectivity index (χ0v) is 10.0. The fourth-order valence-electron chi connectivity index (χ4n) is 2.30. The molecule has 1 fully saturated rings. The van der Waals surface area contributed by atoms with Gasteiger partial charge < -0.3 is 9.73 Å². The van der Waals surface area contributed by atoms with Crippen molar-refractivity contribution in [1.29, 1.82) is 0 Å². The number of benzene rings is 2. The summed E-state index contributed by atoms with van der Waals surface area (Å²) in [5.41, 5.74) is 1.85. The van der Waals surface area contributed by atoms with Gasteiger partial charge in [0.2, 0.25) is 5.89 Å². The number of nitrogens with zero attached hydrogens (tertiary/aromatic N) is 1. The van der Waals surface area contributed by atoms with Crippen molar-refractivity contribution in [3.8, 4) is 0 Å². The SMILES string of the molecule is c1ccc2c(c1)ccc1oc(CNC3CC3)nc12. The number of fused-ring (bicyclic) bond motifs is 3. The van der Waals surface area contributed by atoms with Gasteiger partial charge in [-0.2, -0.15) is 0 Å². The highest BCUT2D eigenvalue weighted by Crippen LogP contribution is 2.26. The lowest BCUT2D eigenvalue weighted by molar-refractivity contribution is 0.494. The van der Waals surface area contributed by atoms with Crippen molar-refractivity contribution < 1.29 is 4.42 Å². The lowest BCUT2D eigenvalue weighted by atomic mass is 10.1. The molecule has 3 aromatic rings. The minimum atomic E-state index is 0.678. The first-order valence-corrected chi connectivity index (χ1v) is 6.41. The molecule has 1 aliphatic carbocycles. The first-order chi connectivity index (χ1) is 8.90. The van der Waals surface area contributed by atoms with Gasteiger partial charge >= 0.3 is 0 Å². The first-order valence-electron chi connectivity index (χ1n) is 6.41. The van der Waals surface area contributed by atoms with Crippen LogP contribution in [0.25, 0.3) is 21.9 Å². The summed E-state index contributed by atoms with van der Waals surface area (Å²) in [5.74, 6) is 0.785. The smallest absolute Gasteiger partial charge is 0.209 e. The summed E-state index contributed by atoms with van der Waals surface area (Å²) in [6.45, 7) is 0.730. The molecule has 0 bridgehead atoms. The maximum Gasteiger partial charge on any atom is 0.209 e. The molecule has 90 valence electrons. The molecule has 0 aliphatic heterocycles. The molecule has 1 heterocycles. The summed E-state index contributed by atoms with van der Waals surface area (Å²) < 4.78 is 5.78. The van der Waals surface area contributed by atoms with E-state index in [0.717, 1.165) is 28.9 Å². The molecule has 0 unspecified atom stereocenters. The molecule has 18 heavy (non-hydrogen) atoms. The molecule has 0 amide bonds. The number of rotatable bonds is 3. The van der Waals surface area contributed by atoms with Gasteiger partial charge in [-0.3, -0.25) is 0 Å². The Morgan fingerprint density at radius 3 is 2.94 bits per heavy atom. The van der Waals surface area contributed by atoms with Crippen molar-refractivity contribution in [2.75, 3.05) is 0 Å². The molecule has 3 nitrogen and oxygen atoms in total. The monoisotopic (exact) mass is 238 g/mol. The summed E-state index contributed by atoms with van der Waals surface area (Å²) >= 11 is 0. The Balaban J connectivity index is 1.80. The molecule has 1 saturated carbocycles. The van der Waals surface area contributed by atoms with Gasteiger partial charge in [0.1, 0.15) is 5.52 Å². The van der Waals surface area contributed by atoms with Crippen molar-refractivity contribution in [3.05, 3.63) is 42.3 Å². The Morgan fingerprint density at radius 2 is 2.06 bits per heavy atom. The lowest BCUT2D eigenvalue weighted by Gasteiger charge is -1.95. The van der Waals surface area contributed by atoms with Crippen molar-refractivity contribution in [2.45, 2.75) is 25.4 Å². The lowest BCUT2D eigenvalue weighted by Crippen LogP contribution is -2.15. The molecular weight excluding hydrogens is 224 g/mol. The van der Waals surface area contributed by atoms with Crippen LogP contribution >= 0.6 is 0 Å². The van der Waals surface area contributed by atoms with Gasteiger partial charge in [0.15, 0.2) is 5.58 Å². The Labute approximate surface area is 105 Å². The number of hydrogen-bond donors (Lipinski definition) is 1. The molecule has 0 saturated heterocycles. The van der Waals surface area contributed by atoms with E-state index in [-0.39, 0.29) is 0 Å². The Kier molecular flexibility index (Phi) is 2.14. The highest BCUT2D eigenvalue weighted by Gasteiger charge is 2.21. The maximum absolute atomic E-state index is 5.78. The van der Waals surface area contributed by atoms with E-state index >= 15 is 0 Å². The molecule has 0 spiro atoms. The third kappa shape index (κ3) is 1.68. The zero-order chi connectivity index (χ0) is 11.9. The maximum atomic E-state index is 5.78. The normalized spacial score (nSPS) is 15.6. The molecule has 1 N–H and O–H groups in total. The quantitative estimate of drug-likeness (QED) is 0.761. The fraction of sp³-hybridized carbons (Fsp3) is 0.267. The van der Waals surface area contributed by atoms with E-state index in [0.29, 0.717) is 6.04 Å². The van der Waals surface area contributed by atoms with E-state index in [1.54, 1.807) is 0 Å². The second kappa shape index (κ2) is 3.82. The molecule has 3 heteroatoms. The average Bonchev–Trinajstić information content (AvgIpc) is 3.14. The average molecular weight is 238 g/mol. The van der Waals surface area contributed by atoms with Gasteiger partial charge in [0.05, 0.1) is 6.54 Å². The van der Waals surface area contributed by atoms with Crippen LogP contribution < -0.4 is 5.32 Å². The van der Waals surface area contributed by atoms with Crippen LogP contribution in [0, 0.1) is 0 Å². The van der Waals surface area contributed by atoms with Crippen molar-refractivity contribution in [2.24, 2.45) is 0 Å². The third-order valence-electron chi connectivity index (χ3n) is 3.45. The van der Waals surface area contributed by atoms with Gasteiger partial charge in [0.25, 0.3) is 0 Å². The summed E-state index contributed by atoms with van der Waals surface area (Å²) in [7, 11) is 0. The molecule has 1 aromatic heterocycles. The molecule has 0 atom stereocenters.